The predicted molar refractivity (Wildman–Crippen MR) is 122 cm³/mol. The molecule has 0 saturated carbocycles. The van der Waals surface area contributed by atoms with Crippen molar-refractivity contribution in [1.82, 2.24) is 10.6 Å². The Morgan fingerprint density at radius 1 is 1.12 bits per heavy atom. The summed E-state index contributed by atoms with van der Waals surface area (Å²) in [6.07, 6.45) is 0.359. The summed E-state index contributed by atoms with van der Waals surface area (Å²) in [4.78, 5) is 16.3. The highest BCUT2D eigenvalue weighted by Crippen LogP contribution is 2.20. The Bertz CT molecular complexity index is 738. The maximum absolute atomic E-state index is 12.1. The Kier molecular flexibility index (Phi) is 10.3. The van der Waals surface area contributed by atoms with E-state index in [4.69, 9.17) is 0 Å². The molecule has 2 aromatic rings. The van der Waals surface area contributed by atoms with E-state index in [0.29, 0.717) is 25.5 Å². The summed E-state index contributed by atoms with van der Waals surface area (Å²) in [7, 11) is 1.71. The van der Waals surface area contributed by atoms with Gasteiger partial charge in [-0.25, -0.2) is 0 Å². The van der Waals surface area contributed by atoms with Crippen LogP contribution in [0.3, 0.4) is 0 Å². The molecule has 2 aromatic carbocycles. The summed E-state index contributed by atoms with van der Waals surface area (Å²) >= 11 is 3.42. The minimum atomic E-state index is -0.0350. The van der Waals surface area contributed by atoms with Crippen LogP contribution in [0.4, 0.5) is 5.69 Å². The maximum atomic E-state index is 12.1. The SMILES string of the molecule is CN=C(NCCC(=O)Nc1cc(Br)ccc1C)NCc1ccccc1.I. The van der Waals surface area contributed by atoms with Crippen LogP contribution >= 0.6 is 39.9 Å². The molecule has 0 fully saturated rings. The van der Waals surface area contributed by atoms with Gasteiger partial charge in [-0.1, -0.05) is 52.3 Å². The lowest BCUT2D eigenvalue weighted by Crippen LogP contribution is -2.38. The molecule has 0 aromatic heterocycles. The Morgan fingerprint density at radius 2 is 1.85 bits per heavy atom. The highest BCUT2D eigenvalue weighted by atomic mass is 127. The molecular formula is C19H24BrIN4O. The van der Waals surface area contributed by atoms with Crippen LogP contribution in [0.1, 0.15) is 17.5 Å². The molecule has 7 heteroatoms. The fraction of sp³-hybridized carbons (Fsp3) is 0.263. The third kappa shape index (κ3) is 7.74. The van der Waals surface area contributed by atoms with Crippen LogP contribution in [-0.2, 0) is 11.3 Å². The van der Waals surface area contributed by atoms with Gasteiger partial charge in [0.25, 0.3) is 0 Å². The molecule has 0 heterocycles. The number of amides is 1. The van der Waals surface area contributed by atoms with E-state index in [0.717, 1.165) is 15.7 Å². The summed E-state index contributed by atoms with van der Waals surface area (Å²) in [6, 6.07) is 15.9. The van der Waals surface area contributed by atoms with E-state index in [1.165, 1.54) is 5.56 Å². The molecule has 0 radical (unpaired) electrons. The van der Waals surface area contributed by atoms with Crippen molar-refractivity contribution in [1.29, 1.82) is 0 Å². The second-order valence-corrected chi connectivity index (χ2v) is 6.51. The number of halogens is 2. The van der Waals surface area contributed by atoms with Crippen LogP contribution in [0.25, 0.3) is 0 Å². The van der Waals surface area contributed by atoms with Gasteiger partial charge in [0, 0.05) is 36.7 Å². The average Bonchev–Trinajstić information content (AvgIpc) is 2.62. The van der Waals surface area contributed by atoms with Gasteiger partial charge >= 0.3 is 0 Å². The molecule has 3 N–H and O–H groups in total. The summed E-state index contributed by atoms with van der Waals surface area (Å²) in [5.74, 6) is 0.641. The fourth-order valence-corrected chi connectivity index (χ4v) is 2.60. The third-order valence-corrected chi connectivity index (χ3v) is 4.14. The zero-order valence-corrected chi connectivity index (χ0v) is 18.8. The Hall–Kier alpha value is -1.61. The molecule has 26 heavy (non-hydrogen) atoms. The van der Waals surface area contributed by atoms with Crippen molar-refractivity contribution in [2.75, 3.05) is 18.9 Å². The largest absolute Gasteiger partial charge is 0.356 e. The number of rotatable bonds is 6. The van der Waals surface area contributed by atoms with Gasteiger partial charge in [-0.2, -0.15) is 0 Å². The van der Waals surface area contributed by atoms with Crippen molar-refractivity contribution < 1.29 is 4.79 Å². The smallest absolute Gasteiger partial charge is 0.226 e. The van der Waals surface area contributed by atoms with Crippen LogP contribution in [-0.4, -0.2) is 25.5 Å². The first-order valence-electron chi connectivity index (χ1n) is 8.13. The molecule has 140 valence electrons. The van der Waals surface area contributed by atoms with Gasteiger partial charge in [0.2, 0.25) is 5.91 Å². The summed E-state index contributed by atoms with van der Waals surface area (Å²) in [6.45, 7) is 3.16. The monoisotopic (exact) mass is 530 g/mol. The number of benzene rings is 2. The predicted octanol–water partition coefficient (Wildman–Crippen LogP) is 4.07. The van der Waals surface area contributed by atoms with Crippen molar-refractivity contribution in [2.24, 2.45) is 4.99 Å². The van der Waals surface area contributed by atoms with Gasteiger partial charge in [-0.05, 0) is 30.2 Å². The lowest BCUT2D eigenvalue weighted by Gasteiger charge is -2.12. The second kappa shape index (κ2) is 11.9. The van der Waals surface area contributed by atoms with Crippen molar-refractivity contribution in [3.8, 4) is 0 Å². The van der Waals surface area contributed by atoms with Crippen LogP contribution in [0, 0.1) is 6.92 Å². The summed E-state index contributed by atoms with van der Waals surface area (Å²) in [5, 5.41) is 9.31. The molecule has 2 rings (SSSR count). The number of hydrogen-bond donors (Lipinski definition) is 3. The van der Waals surface area contributed by atoms with E-state index in [1.807, 2.05) is 55.5 Å². The normalized spacial score (nSPS) is 10.7. The Balaban J connectivity index is 0.00000338. The van der Waals surface area contributed by atoms with E-state index < -0.39 is 0 Å². The first kappa shape index (κ1) is 22.4. The number of aliphatic imine (C=N–C) groups is 1. The first-order chi connectivity index (χ1) is 12.1. The highest BCUT2D eigenvalue weighted by molar-refractivity contribution is 14.0. The van der Waals surface area contributed by atoms with Crippen molar-refractivity contribution in [3.63, 3.8) is 0 Å². The van der Waals surface area contributed by atoms with Gasteiger partial charge in [-0.3, -0.25) is 9.79 Å². The van der Waals surface area contributed by atoms with Crippen molar-refractivity contribution in [2.45, 2.75) is 19.9 Å². The number of hydrogen-bond acceptors (Lipinski definition) is 2. The van der Waals surface area contributed by atoms with Crippen LogP contribution in [0.15, 0.2) is 58.0 Å². The van der Waals surface area contributed by atoms with Crippen LogP contribution in [0.5, 0.6) is 0 Å². The maximum Gasteiger partial charge on any atom is 0.226 e. The zero-order chi connectivity index (χ0) is 18.1. The summed E-state index contributed by atoms with van der Waals surface area (Å²) < 4.78 is 0.942. The Morgan fingerprint density at radius 3 is 2.54 bits per heavy atom. The molecular weight excluding hydrogens is 507 g/mol. The second-order valence-electron chi connectivity index (χ2n) is 5.60. The minimum Gasteiger partial charge on any atom is -0.356 e. The van der Waals surface area contributed by atoms with E-state index in [1.54, 1.807) is 7.05 Å². The van der Waals surface area contributed by atoms with E-state index in [-0.39, 0.29) is 29.9 Å². The number of aryl methyl sites for hydroxylation is 1. The standard InChI is InChI=1S/C19H23BrN4O.HI/c1-14-8-9-16(20)12-17(14)24-18(25)10-11-22-19(21-2)23-13-15-6-4-3-5-7-15;/h3-9,12H,10-11,13H2,1-2H3,(H,24,25)(H2,21,22,23);1H. The van der Waals surface area contributed by atoms with E-state index in [2.05, 4.69) is 36.9 Å². The average molecular weight is 531 g/mol. The molecule has 0 bridgehead atoms. The molecule has 0 aliphatic rings. The van der Waals surface area contributed by atoms with Crippen molar-refractivity contribution in [3.05, 3.63) is 64.1 Å². The highest BCUT2D eigenvalue weighted by Gasteiger charge is 2.06. The minimum absolute atomic E-state index is 0. The summed E-state index contributed by atoms with van der Waals surface area (Å²) in [5.41, 5.74) is 3.03. The molecule has 1 amide bonds. The van der Waals surface area contributed by atoms with Gasteiger partial charge in [0.15, 0.2) is 5.96 Å². The molecule has 0 aliphatic carbocycles. The lowest BCUT2D eigenvalue weighted by molar-refractivity contribution is -0.116. The molecule has 0 aliphatic heterocycles. The number of carbonyl (C=O) groups excluding carboxylic acids is 1. The van der Waals surface area contributed by atoms with Crippen LogP contribution in [0.2, 0.25) is 0 Å². The number of nitrogens with one attached hydrogen (secondary N) is 3. The molecule has 0 unspecified atom stereocenters. The third-order valence-electron chi connectivity index (χ3n) is 3.64. The van der Waals surface area contributed by atoms with Gasteiger partial charge < -0.3 is 16.0 Å². The van der Waals surface area contributed by atoms with E-state index >= 15 is 0 Å². The van der Waals surface area contributed by atoms with Gasteiger partial charge in [-0.15, -0.1) is 24.0 Å². The van der Waals surface area contributed by atoms with Gasteiger partial charge in [0.1, 0.15) is 0 Å². The molecule has 0 saturated heterocycles. The fourth-order valence-electron chi connectivity index (χ4n) is 2.24. The van der Waals surface area contributed by atoms with E-state index in [9.17, 15) is 4.79 Å². The number of guanidine groups is 1. The molecule has 0 spiro atoms. The number of anilines is 1. The quantitative estimate of drug-likeness (QED) is 0.300. The topological polar surface area (TPSA) is 65.5 Å². The van der Waals surface area contributed by atoms with Crippen LogP contribution < -0.4 is 16.0 Å². The first-order valence-corrected chi connectivity index (χ1v) is 8.92. The van der Waals surface area contributed by atoms with Crippen molar-refractivity contribution >= 4 is 57.5 Å². The molecule has 5 nitrogen and oxygen atoms in total. The Labute approximate surface area is 180 Å². The van der Waals surface area contributed by atoms with Gasteiger partial charge in [0.05, 0.1) is 0 Å². The number of nitrogens with zero attached hydrogens (tertiary/aromatic N) is 1. The number of carbonyl (C=O) groups is 1. The zero-order valence-electron chi connectivity index (χ0n) is 14.9. The lowest BCUT2D eigenvalue weighted by atomic mass is 10.2. The molecule has 0 atom stereocenters.